The molecule has 0 aromatic heterocycles. The molecule has 0 spiro atoms. The maximum absolute atomic E-state index is 11.7. The van der Waals surface area contributed by atoms with Gasteiger partial charge in [0.2, 0.25) is 11.8 Å². The van der Waals surface area contributed by atoms with Crippen LogP contribution in [0.3, 0.4) is 0 Å². The van der Waals surface area contributed by atoms with Gasteiger partial charge in [0.15, 0.2) is 0 Å². The zero-order chi connectivity index (χ0) is 15.2. The third kappa shape index (κ3) is 5.30. The first-order valence-electron chi connectivity index (χ1n) is 6.55. The summed E-state index contributed by atoms with van der Waals surface area (Å²) in [7, 11) is 1.57. The van der Waals surface area contributed by atoms with E-state index in [9.17, 15) is 9.59 Å². The summed E-state index contributed by atoms with van der Waals surface area (Å²) in [5.41, 5.74) is 0.236. The molecule has 0 unspecified atom stereocenters. The van der Waals surface area contributed by atoms with E-state index in [1.165, 1.54) is 0 Å². The Bertz CT molecular complexity index is 478. The van der Waals surface area contributed by atoms with E-state index < -0.39 is 5.41 Å². The Kier molecular flexibility index (Phi) is 5.55. The van der Waals surface area contributed by atoms with Crippen molar-refractivity contribution < 1.29 is 14.3 Å². The predicted octanol–water partition coefficient (Wildman–Crippen LogP) is 2.19. The van der Waals surface area contributed by atoms with Gasteiger partial charge in [-0.15, -0.1) is 0 Å². The number of carbonyl (C=O) groups excluding carboxylic acids is 2. The lowest BCUT2D eigenvalue weighted by molar-refractivity contribution is -0.128. The summed E-state index contributed by atoms with van der Waals surface area (Å²) in [5.74, 6) is 0.475. The molecule has 0 saturated heterocycles. The molecule has 2 amide bonds. The topological polar surface area (TPSA) is 67.4 Å². The highest BCUT2D eigenvalue weighted by Gasteiger charge is 2.20. The average Bonchev–Trinajstić information content (AvgIpc) is 2.37. The van der Waals surface area contributed by atoms with Gasteiger partial charge in [-0.05, 0) is 12.1 Å². The lowest BCUT2D eigenvalue weighted by Gasteiger charge is -2.17. The molecule has 0 bridgehead atoms. The number of hydrogen-bond donors (Lipinski definition) is 2. The Hall–Kier alpha value is -2.04. The minimum absolute atomic E-state index is 0.0633. The van der Waals surface area contributed by atoms with Crippen molar-refractivity contribution >= 4 is 17.5 Å². The van der Waals surface area contributed by atoms with Crippen LogP contribution in [0.25, 0.3) is 0 Å². The first kappa shape index (κ1) is 16.0. The fourth-order valence-corrected chi connectivity index (χ4v) is 1.48. The minimum atomic E-state index is -0.441. The van der Waals surface area contributed by atoms with Crippen LogP contribution in [0.4, 0.5) is 5.69 Å². The Morgan fingerprint density at radius 2 is 1.95 bits per heavy atom. The van der Waals surface area contributed by atoms with Crippen LogP contribution >= 0.6 is 0 Å². The number of anilines is 1. The summed E-state index contributed by atoms with van der Waals surface area (Å²) in [4.78, 5) is 23.4. The monoisotopic (exact) mass is 278 g/mol. The summed E-state index contributed by atoms with van der Waals surface area (Å²) in [6.07, 6.45) is 0.235. The van der Waals surface area contributed by atoms with Crippen molar-refractivity contribution in [3.05, 3.63) is 24.3 Å². The van der Waals surface area contributed by atoms with Gasteiger partial charge in [0.05, 0.1) is 7.11 Å². The number of ether oxygens (including phenoxy) is 1. The maximum Gasteiger partial charge on any atom is 0.226 e. The van der Waals surface area contributed by atoms with Crippen molar-refractivity contribution in [2.45, 2.75) is 27.2 Å². The molecule has 0 saturated carbocycles. The van der Waals surface area contributed by atoms with E-state index in [-0.39, 0.29) is 18.2 Å². The Balaban J connectivity index is 2.39. The highest BCUT2D eigenvalue weighted by Crippen LogP contribution is 2.16. The summed E-state index contributed by atoms with van der Waals surface area (Å²) in [5, 5.41) is 5.50. The van der Waals surface area contributed by atoms with E-state index in [1.807, 2.05) is 20.8 Å². The first-order valence-corrected chi connectivity index (χ1v) is 6.55. The molecular weight excluding hydrogens is 256 g/mol. The van der Waals surface area contributed by atoms with E-state index in [1.54, 1.807) is 31.4 Å². The number of amides is 2. The molecule has 5 heteroatoms. The van der Waals surface area contributed by atoms with Crippen molar-refractivity contribution in [1.29, 1.82) is 0 Å². The lowest BCUT2D eigenvalue weighted by Crippen LogP contribution is -2.36. The number of hydrogen-bond acceptors (Lipinski definition) is 3. The number of methoxy groups -OCH3 is 1. The van der Waals surface area contributed by atoms with Crippen molar-refractivity contribution in [2.75, 3.05) is 19.0 Å². The predicted molar refractivity (Wildman–Crippen MR) is 78.7 cm³/mol. The summed E-state index contributed by atoms with van der Waals surface area (Å²) in [6, 6.07) is 7.13. The van der Waals surface area contributed by atoms with Gasteiger partial charge in [0.25, 0.3) is 0 Å². The van der Waals surface area contributed by atoms with Crippen LogP contribution in [0.5, 0.6) is 5.75 Å². The van der Waals surface area contributed by atoms with Gasteiger partial charge in [-0.25, -0.2) is 0 Å². The molecule has 1 rings (SSSR count). The highest BCUT2D eigenvalue weighted by molar-refractivity contribution is 5.91. The molecule has 0 radical (unpaired) electrons. The summed E-state index contributed by atoms with van der Waals surface area (Å²) < 4.78 is 5.08. The van der Waals surface area contributed by atoms with Gasteiger partial charge in [-0.1, -0.05) is 26.8 Å². The van der Waals surface area contributed by atoms with Gasteiger partial charge in [0, 0.05) is 30.1 Å². The molecule has 0 atom stereocenters. The van der Waals surface area contributed by atoms with E-state index in [4.69, 9.17) is 4.74 Å². The second kappa shape index (κ2) is 6.93. The third-order valence-electron chi connectivity index (χ3n) is 2.67. The second-order valence-electron chi connectivity index (χ2n) is 5.54. The Morgan fingerprint density at radius 1 is 1.25 bits per heavy atom. The van der Waals surface area contributed by atoms with Crippen LogP contribution in [-0.2, 0) is 9.59 Å². The van der Waals surface area contributed by atoms with Gasteiger partial charge in [0.1, 0.15) is 5.75 Å². The van der Waals surface area contributed by atoms with E-state index in [0.29, 0.717) is 18.0 Å². The van der Waals surface area contributed by atoms with Crippen molar-refractivity contribution in [3.63, 3.8) is 0 Å². The Labute approximate surface area is 119 Å². The fourth-order valence-electron chi connectivity index (χ4n) is 1.48. The molecule has 1 aromatic rings. The molecule has 110 valence electrons. The normalized spacial score (nSPS) is 10.8. The zero-order valence-electron chi connectivity index (χ0n) is 12.4. The molecule has 0 aliphatic carbocycles. The molecule has 0 aliphatic rings. The van der Waals surface area contributed by atoms with Crippen LogP contribution in [0.1, 0.15) is 27.2 Å². The summed E-state index contributed by atoms with van der Waals surface area (Å²) >= 11 is 0. The largest absolute Gasteiger partial charge is 0.497 e. The summed E-state index contributed by atoms with van der Waals surface area (Å²) in [6.45, 7) is 5.82. The zero-order valence-corrected chi connectivity index (χ0v) is 12.4. The van der Waals surface area contributed by atoms with Crippen LogP contribution < -0.4 is 15.4 Å². The number of carbonyl (C=O) groups is 2. The smallest absolute Gasteiger partial charge is 0.226 e. The molecule has 0 heterocycles. The molecule has 1 aromatic carbocycles. The van der Waals surface area contributed by atoms with Crippen LogP contribution in [0, 0.1) is 5.41 Å². The molecule has 0 fully saturated rings. The van der Waals surface area contributed by atoms with Gasteiger partial charge < -0.3 is 15.4 Å². The maximum atomic E-state index is 11.7. The highest BCUT2D eigenvalue weighted by atomic mass is 16.5. The van der Waals surface area contributed by atoms with E-state index >= 15 is 0 Å². The van der Waals surface area contributed by atoms with Crippen LogP contribution in [0.15, 0.2) is 24.3 Å². The molecule has 0 aliphatic heterocycles. The number of nitrogens with one attached hydrogen (secondary N) is 2. The van der Waals surface area contributed by atoms with Crippen molar-refractivity contribution in [3.8, 4) is 5.75 Å². The molecule has 20 heavy (non-hydrogen) atoms. The molecule has 2 N–H and O–H groups in total. The Morgan fingerprint density at radius 3 is 2.55 bits per heavy atom. The molecular formula is C15H22N2O3. The quantitative estimate of drug-likeness (QED) is 0.867. The van der Waals surface area contributed by atoms with Crippen molar-refractivity contribution in [1.82, 2.24) is 5.32 Å². The lowest BCUT2D eigenvalue weighted by atomic mass is 9.96. The van der Waals surface area contributed by atoms with E-state index in [2.05, 4.69) is 10.6 Å². The minimum Gasteiger partial charge on any atom is -0.497 e. The van der Waals surface area contributed by atoms with Crippen LogP contribution in [0.2, 0.25) is 0 Å². The number of rotatable bonds is 5. The number of benzene rings is 1. The standard InChI is InChI=1S/C15H22N2O3/c1-15(2,3)14(19)16-9-8-13(18)17-11-6-5-7-12(10-11)20-4/h5-7,10H,8-9H2,1-4H3,(H,16,19)(H,17,18). The fraction of sp³-hybridized carbons (Fsp3) is 0.467. The molecule has 5 nitrogen and oxygen atoms in total. The SMILES string of the molecule is COc1cccc(NC(=O)CCNC(=O)C(C)(C)C)c1. The van der Waals surface area contributed by atoms with Gasteiger partial charge >= 0.3 is 0 Å². The average molecular weight is 278 g/mol. The van der Waals surface area contributed by atoms with Crippen molar-refractivity contribution in [2.24, 2.45) is 5.41 Å². The first-order chi connectivity index (χ1) is 9.32. The van der Waals surface area contributed by atoms with Crippen LogP contribution in [-0.4, -0.2) is 25.5 Å². The second-order valence-corrected chi connectivity index (χ2v) is 5.54. The van der Waals surface area contributed by atoms with E-state index in [0.717, 1.165) is 0 Å². The van der Waals surface area contributed by atoms with Gasteiger partial charge in [-0.2, -0.15) is 0 Å². The third-order valence-corrected chi connectivity index (χ3v) is 2.67. The van der Waals surface area contributed by atoms with Gasteiger partial charge in [-0.3, -0.25) is 9.59 Å².